The van der Waals surface area contributed by atoms with Crippen LogP contribution in [0.25, 0.3) is 5.70 Å². The van der Waals surface area contributed by atoms with E-state index in [0.29, 0.717) is 16.6 Å². The molecule has 1 aliphatic rings. The summed E-state index contributed by atoms with van der Waals surface area (Å²) in [5, 5.41) is 7.26. The van der Waals surface area contributed by atoms with Crippen LogP contribution in [0.3, 0.4) is 0 Å². The fraction of sp³-hybridized carbons (Fsp3) is 0.333. The van der Waals surface area contributed by atoms with Gasteiger partial charge in [-0.15, -0.1) is 11.6 Å². The fourth-order valence-corrected chi connectivity index (χ4v) is 3.48. The normalized spacial score (nSPS) is 18.1. The lowest BCUT2D eigenvalue weighted by Gasteiger charge is -2.14. The Labute approximate surface area is 134 Å². The second-order valence-corrected chi connectivity index (χ2v) is 6.66. The Morgan fingerprint density at radius 1 is 1.70 bits per heavy atom. The first kappa shape index (κ1) is 15.5. The van der Waals surface area contributed by atoms with Crippen LogP contribution in [0.1, 0.15) is 12.1 Å². The highest BCUT2D eigenvalue weighted by atomic mass is 79.9. The third-order valence-electron chi connectivity index (χ3n) is 2.96. The topological polar surface area (TPSA) is 76.8 Å². The predicted octanol–water partition coefficient (Wildman–Crippen LogP) is 2.48. The van der Waals surface area contributed by atoms with Crippen molar-refractivity contribution in [3.63, 3.8) is 0 Å². The van der Waals surface area contributed by atoms with Crippen LogP contribution in [-0.2, 0) is 12.8 Å². The third kappa shape index (κ3) is 3.05. The minimum Gasteiger partial charge on any atom is -0.379 e. The van der Waals surface area contributed by atoms with Gasteiger partial charge in [0, 0.05) is 12.8 Å². The average Bonchev–Trinajstić information content (AvgIpc) is 2.60. The minimum absolute atomic E-state index is 0.0223. The lowest BCUT2D eigenvalue weighted by Crippen LogP contribution is -2.21. The molecule has 20 heavy (non-hydrogen) atoms. The third-order valence-corrected chi connectivity index (χ3v) is 4.81. The summed E-state index contributed by atoms with van der Waals surface area (Å²) in [5.74, 6) is 0.462. The summed E-state index contributed by atoms with van der Waals surface area (Å²) < 4.78 is 3.85. The number of nitrogens with two attached hydrogens (primary N) is 1. The zero-order valence-electron chi connectivity index (χ0n) is 10.8. The van der Waals surface area contributed by atoms with Gasteiger partial charge >= 0.3 is 0 Å². The van der Waals surface area contributed by atoms with Gasteiger partial charge < -0.3 is 5.73 Å². The minimum atomic E-state index is -0.129. The smallest absolute Gasteiger partial charge is 0.286 e. The second-order valence-electron chi connectivity index (χ2n) is 4.29. The highest BCUT2D eigenvalue weighted by Crippen LogP contribution is 2.23. The molecule has 0 saturated carbocycles. The first-order valence-corrected chi connectivity index (χ1v) is 8.09. The van der Waals surface area contributed by atoms with E-state index in [-0.39, 0.29) is 16.1 Å². The number of hydrogen-bond donors (Lipinski definition) is 2. The van der Waals surface area contributed by atoms with Crippen LogP contribution < -0.4 is 11.3 Å². The molecule has 0 fully saturated rings. The molecule has 0 spiro atoms. The van der Waals surface area contributed by atoms with Crippen LogP contribution in [0.4, 0.5) is 0 Å². The molecule has 0 amide bonds. The van der Waals surface area contributed by atoms with E-state index in [1.807, 2.05) is 25.3 Å². The molecule has 8 heteroatoms. The van der Waals surface area contributed by atoms with Crippen LogP contribution in [0.15, 0.2) is 27.5 Å². The molecule has 2 rings (SSSR count). The number of halogens is 2. The van der Waals surface area contributed by atoms with Gasteiger partial charge in [-0.3, -0.25) is 14.9 Å². The molecular formula is C12H14BrClN4OS. The van der Waals surface area contributed by atoms with Gasteiger partial charge in [0.25, 0.3) is 5.56 Å². The van der Waals surface area contributed by atoms with Crippen LogP contribution in [0.5, 0.6) is 0 Å². The summed E-state index contributed by atoms with van der Waals surface area (Å²) in [5.41, 5.74) is 6.80. The molecule has 1 atom stereocenters. The highest BCUT2D eigenvalue weighted by Gasteiger charge is 2.19. The number of amidine groups is 1. The number of nitrogens with one attached hydrogen (secondary N) is 1. The van der Waals surface area contributed by atoms with E-state index in [9.17, 15) is 4.79 Å². The van der Waals surface area contributed by atoms with Crippen molar-refractivity contribution in [3.05, 3.63) is 38.7 Å². The van der Waals surface area contributed by atoms with E-state index in [1.54, 1.807) is 9.36 Å². The van der Waals surface area contributed by atoms with Gasteiger partial charge in [0.15, 0.2) is 5.17 Å². The van der Waals surface area contributed by atoms with Gasteiger partial charge in [0.1, 0.15) is 4.47 Å². The molecule has 1 aromatic rings. The summed E-state index contributed by atoms with van der Waals surface area (Å²) in [6.07, 6.45) is 6.35. The number of aromatic nitrogens is 2. The van der Waals surface area contributed by atoms with E-state index in [1.165, 1.54) is 11.8 Å². The van der Waals surface area contributed by atoms with Gasteiger partial charge in [-0.05, 0) is 28.4 Å². The monoisotopic (exact) mass is 376 g/mol. The number of thioether (sulfide) groups is 1. The van der Waals surface area contributed by atoms with Gasteiger partial charge in [0.05, 0.1) is 16.8 Å². The first-order valence-electron chi connectivity index (χ1n) is 5.87. The zero-order valence-corrected chi connectivity index (χ0v) is 13.9. The maximum atomic E-state index is 12.3. The molecule has 5 nitrogen and oxygen atoms in total. The van der Waals surface area contributed by atoms with E-state index >= 15 is 0 Å². The predicted molar refractivity (Wildman–Crippen MR) is 88.3 cm³/mol. The summed E-state index contributed by atoms with van der Waals surface area (Å²) in [4.78, 5) is 12.3. The molecule has 1 aromatic heterocycles. The van der Waals surface area contributed by atoms with Crippen molar-refractivity contribution < 1.29 is 0 Å². The van der Waals surface area contributed by atoms with Crippen molar-refractivity contribution in [2.24, 2.45) is 12.8 Å². The maximum absolute atomic E-state index is 12.3. The Balaban J connectivity index is 2.41. The van der Waals surface area contributed by atoms with Crippen molar-refractivity contribution in [1.29, 1.82) is 5.41 Å². The Bertz CT molecular complexity index is 661. The standard InChI is InChI=1S/C12H14BrClN4OS/c1-17-9(6-20-12(15)16)10(13)11(19)18(17)8-4-2-7(14)3-5-8/h2,4-5,7H,3,6H2,1H3,(H3,15,16). The molecule has 0 bridgehead atoms. The zero-order chi connectivity index (χ0) is 14.9. The Morgan fingerprint density at radius 2 is 2.40 bits per heavy atom. The molecule has 1 aliphatic carbocycles. The van der Waals surface area contributed by atoms with Gasteiger partial charge in [-0.1, -0.05) is 23.9 Å². The quantitative estimate of drug-likeness (QED) is 0.483. The molecule has 0 saturated heterocycles. The average molecular weight is 378 g/mol. The largest absolute Gasteiger partial charge is 0.379 e. The molecule has 0 radical (unpaired) electrons. The van der Waals surface area contributed by atoms with Crippen molar-refractivity contribution in [2.75, 3.05) is 0 Å². The Hall–Kier alpha value is -0.920. The molecular weight excluding hydrogens is 364 g/mol. The van der Waals surface area contributed by atoms with E-state index < -0.39 is 0 Å². The number of hydrogen-bond acceptors (Lipinski definition) is 3. The molecule has 0 aliphatic heterocycles. The maximum Gasteiger partial charge on any atom is 0.286 e. The summed E-state index contributed by atoms with van der Waals surface area (Å²) in [7, 11) is 1.81. The molecule has 1 heterocycles. The van der Waals surface area contributed by atoms with Gasteiger partial charge in [-0.2, -0.15) is 0 Å². The van der Waals surface area contributed by atoms with Gasteiger partial charge in [-0.25, -0.2) is 4.68 Å². The molecule has 3 N–H and O–H groups in total. The Kier molecular flexibility index (Phi) is 4.82. The summed E-state index contributed by atoms with van der Waals surface area (Å²) in [6, 6.07) is 0. The van der Waals surface area contributed by atoms with E-state index in [0.717, 1.165) is 11.4 Å². The SMILES string of the molecule is Cn1c(CSC(=N)N)c(Br)c(=O)n1C1=CCC(Cl)C=C1. The lowest BCUT2D eigenvalue weighted by atomic mass is 10.1. The van der Waals surface area contributed by atoms with Crippen LogP contribution in [0.2, 0.25) is 0 Å². The number of rotatable bonds is 3. The van der Waals surface area contributed by atoms with E-state index in [4.69, 9.17) is 22.7 Å². The summed E-state index contributed by atoms with van der Waals surface area (Å²) in [6.45, 7) is 0. The summed E-state index contributed by atoms with van der Waals surface area (Å²) >= 11 is 10.5. The van der Waals surface area contributed by atoms with Crippen molar-refractivity contribution in [2.45, 2.75) is 17.6 Å². The molecule has 108 valence electrons. The number of nitrogens with zero attached hydrogens (tertiary/aromatic N) is 2. The van der Waals surface area contributed by atoms with Crippen LogP contribution in [-0.4, -0.2) is 19.9 Å². The van der Waals surface area contributed by atoms with Crippen LogP contribution in [0, 0.1) is 5.41 Å². The van der Waals surface area contributed by atoms with Crippen molar-refractivity contribution in [3.8, 4) is 0 Å². The second kappa shape index (κ2) is 6.24. The number of alkyl halides is 1. The van der Waals surface area contributed by atoms with Crippen molar-refractivity contribution >= 4 is 50.2 Å². The van der Waals surface area contributed by atoms with E-state index in [2.05, 4.69) is 15.9 Å². The van der Waals surface area contributed by atoms with Gasteiger partial charge in [0.2, 0.25) is 0 Å². The number of allylic oxidation sites excluding steroid dienone is 4. The lowest BCUT2D eigenvalue weighted by molar-refractivity contribution is 0.639. The Morgan fingerprint density at radius 3 is 2.95 bits per heavy atom. The molecule has 0 aromatic carbocycles. The highest BCUT2D eigenvalue weighted by molar-refractivity contribution is 9.10. The fourth-order valence-electron chi connectivity index (χ4n) is 1.95. The van der Waals surface area contributed by atoms with Crippen molar-refractivity contribution in [1.82, 2.24) is 9.36 Å². The molecule has 1 unspecified atom stereocenters. The van der Waals surface area contributed by atoms with Crippen LogP contribution >= 0.6 is 39.3 Å². The first-order chi connectivity index (χ1) is 9.41.